The molecule has 0 unspecified atom stereocenters. The molecule has 0 aromatic heterocycles. The summed E-state index contributed by atoms with van der Waals surface area (Å²) in [6.07, 6.45) is 2.56. The van der Waals surface area contributed by atoms with Crippen molar-refractivity contribution >= 4 is 33.2 Å². The zero-order valence-corrected chi connectivity index (χ0v) is 19.9. The van der Waals surface area contributed by atoms with E-state index in [1.807, 2.05) is 0 Å². The molecular formula is C23H28ClFN4O3S. The maximum atomic E-state index is 13.1. The first kappa shape index (κ1) is 23.9. The summed E-state index contributed by atoms with van der Waals surface area (Å²) >= 11 is 6.16. The van der Waals surface area contributed by atoms with Crippen LogP contribution in [-0.4, -0.2) is 81.4 Å². The van der Waals surface area contributed by atoms with Crippen LogP contribution in [0.1, 0.15) is 23.2 Å². The van der Waals surface area contributed by atoms with Gasteiger partial charge in [0.1, 0.15) is 10.7 Å². The number of anilines is 1. The van der Waals surface area contributed by atoms with Crippen LogP contribution in [-0.2, 0) is 10.0 Å². The Bertz CT molecular complexity index is 1080. The topological polar surface area (TPSA) is 73.0 Å². The predicted octanol–water partition coefficient (Wildman–Crippen LogP) is 3.13. The molecule has 2 aliphatic rings. The Morgan fingerprint density at radius 1 is 0.909 bits per heavy atom. The molecule has 0 saturated carbocycles. The van der Waals surface area contributed by atoms with Crippen molar-refractivity contribution in [1.82, 2.24) is 14.7 Å². The molecule has 10 heteroatoms. The molecule has 2 aliphatic heterocycles. The van der Waals surface area contributed by atoms with Crippen molar-refractivity contribution in [3.63, 3.8) is 0 Å². The highest BCUT2D eigenvalue weighted by molar-refractivity contribution is 7.92. The Labute approximate surface area is 199 Å². The van der Waals surface area contributed by atoms with Crippen molar-refractivity contribution in [3.8, 4) is 0 Å². The van der Waals surface area contributed by atoms with E-state index in [4.69, 9.17) is 11.6 Å². The number of sulfonamides is 1. The highest BCUT2D eigenvalue weighted by Crippen LogP contribution is 2.26. The van der Waals surface area contributed by atoms with Gasteiger partial charge in [0.05, 0.1) is 5.02 Å². The van der Waals surface area contributed by atoms with Crippen LogP contribution in [0.5, 0.6) is 0 Å². The molecule has 2 heterocycles. The van der Waals surface area contributed by atoms with Gasteiger partial charge < -0.3 is 9.80 Å². The molecule has 178 valence electrons. The molecule has 1 amide bonds. The number of nitrogens with one attached hydrogen (secondary N) is 1. The molecule has 0 spiro atoms. The molecule has 0 aliphatic carbocycles. The molecule has 0 radical (unpaired) electrons. The Balaban J connectivity index is 1.39. The van der Waals surface area contributed by atoms with Gasteiger partial charge in [-0.05, 0) is 68.4 Å². The summed E-state index contributed by atoms with van der Waals surface area (Å²) in [5, 5.41) is 0.00731. The minimum absolute atomic E-state index is 0.00731. The third-order valence-electron chi connectivity index (χ3n) is 6.15. The van der Waals surface area contributed by atoms with Crippen LogP contribution >= 0.6 is 11.6 Å². The van der Waals surface area contributed by atoms with Gasteiger partial charge in [-0.3, -0.25) is 14.4 Å². The van der Waals surface area contributed by atoms with E-state index in [9.17, 15) is 17.6 Å². The van der Waals surface area contributed by atoms with Gasteiger partial charge in [-0.1, -0.05) is 11.6 Å². The number of carbonyl (C=O) groups excluding carboxylic acids is 1. The van der Waals surface area contributed by atoms with Crippen molar-refractivity contribution in [2.75, 3.05) is 57.1 Å². The van der Waals surface area contributed by atoms with E-state index in [0.29, 0.717) is 13.1 Å². The van der Waals surface area contributed by atoms with Gasteiger partial charge in [0, 0.05) is 50.5 Å². The van der Waals surface area contributed by atoms with E-state index >= 15 is 0 Å². The van der Waals surface area contributed by atoms with Crippen LogP contribution < -0.4 is 4.72 Å². The molecule has 7 nitrogen and oxygen atoms in total. The van der Waals surface area contributed by atoms with E-state index in [1.54, 1.807) is 11.0 Å². The van der Waals surface area contributed by atoms with Gasteiger partial charge in [0.2, 0.25) is 0 Å². The summed E-state index contributed by atoms with van der Waals surface area (Å²) in [6, 6.07) is 9.21. The van der Waals surface area contributed by atoms with Crippen LogP contribution in [0.2, 0.25) is 5.02 Å². The fourth-order valence-corrected chi connectivity index (χ4v) is 5.80. The Hall–Kier alpha value is -2.20. The number of piperazine rings is 1. The molecule has 33 heavy (non-hydrogen) atoms. The van der Waals surface area contributed by atoms with E-state index < -0.39 is 15.8 Å². The zero-order chi connectivity index (χ0) is 23.4. The molecule has 2 fully saturated rings. The van der Waals surface area contributed by atoms with Crippen molar-refractivity contribution in [1.29, 1.82) is 0 Å². The average molecular weight is 495 g/mol. The molecule has 2 saturated heterocycles. The number of amides is 1. The first-order chi connectivity index (χ1) is 15.8. The van der Waals surface area contributed by atoms with Gasteiger partial charge >= 0.3 is 0 Å². The Morgan fingerprint density at radius 3 is 2.15 bits per heavy atom. The summed E-state index contributed by atoms with van der Waals surface area (Å²) < 4.78 is 41.2. The third kappa shape index (κ3) is 6.03. The minimum Gasteiger partial charge on any atom is -0.336 e. The van der Waals surface area contributed by atoms with E-state index in [2.05, 4.69) is 14.5 Å². The SMILES string of the molecule is O=C(c1ccc(Cl)c(S(=O)(=O)Nc2ccc(F)cc2)c1)N1CCN(CCN2CCCC2)CC1. The number of rotatable bonds is 7. The Morgan fingerprint density at radius 2 is 1.52 bits per heavy atom. The molecule has 0 atom stereocenters. The number of halogens is 2. The number of hydrogen-bond acceptors (Lipinski definition) is 5. The van der Waals surface area contributed by atoms with Crippen molar-refractivity contribution in [2.45, 2.75) is 17.7 Å². The van der Waals surface area contributed by atoms with Crippen LogP contribution in [0, 0.1) is 5.82 Å². The number of nitrogens with zero attached hydrogens (tertiary/aromatic N) is 3. The molecule has 0 bridgehead atoms. The second kappa shape index (κ2) is 10.4. The number of carbonyl (C=O) groups is 1. The average Bonchev–Trinajstić information content (AvgIpc) is 3.33. The van der Waals surface area contributed by atoms with Crippen molar-refractivity contribution < 1.29 is 17.6 Å². The van der Waals surface area contributed by atoms with Gasteiger partial charge in [-0.25, -0.2) is 12.8 Å². The molecule has 2 aromatic carbocycles. The second-order valence-corrected chi connectivity index (χ2v) is 10.5. The summed E-state index contributed by atoms with van der Waals surface area (Å²) in [5.41, 5.74) is 0.471. The summed E-state index contributed by atoms with van der Waals surface area (Å²) in [6.45, 7) is 7.20. The van der Waals surface area contributed by atoms with Gasteiger partial charge in [-0.2, -0.15) is 0 Å². The van der Waals surface area contributed by atoms with E-state index in [1.165, 1.54) is 50.2 Å². The highest BCUT2D eigenvalue weighted by atomic mass is 35.5. The van der Waals surface area contributed by atoms with Crippen LogP contribution in [0.3, 0.4) is 0 Å². The standard InChI is InChI=1S/C23H28ClFN4O3S/c24-21-8-3-18(17-22(21)33(31,32)26-20-6-4-19(25)5-7-20)23(30)29-15-13-28(14-16-29)12-11-27-9-1-2-10-27/h3-8,17,26H,1-2,9-16H2. The van der Waals surface area contributed by atoms with Gasteiger partial charge in [0.15, 0.2) is 0 Å². The Kier molecular flexibility index (Phi) is 7.53. The normalized spacial score (nSPS) is 17.9. The lowest BCUT2D eigenvalue weighted by Crippen LogP contribution is -2.50. The van der Waals surface area contributed by atoms with Crippen LogP contribution in [0.25, 0.3) is 0 Å². The first-order valence-electron chi connectivity index (χ1n) is 11.1. The maximum Gasteiger partial charge on any atom is 0.263 e. The maximum absolute atomic E-state index is 13.1. The third-order valence-corrected chi connectivity index (χ3v) is 8.02. The number of hydrogen-bond donors (Lipinski definition) is 1. The largest absolute Gasteiger partial charge is 0.336 e. The monoisotopic (exact) mass is 494 g/mol. The first-order valence-corrected chi connectivity index (χ1v) is 13.0. The smallest absolute Gasteiger partial charge is 0.263 e. The summed E-state index contributed by atoms with van der Waals surface area (Å²) in [4.78, 5) is 19.5. The fourth-order valence-electron chi connectivity index (χ4n) is 4.22. The predicted molar refractivity (Wildman–Crippen MR) is 127 cm³/mol. The number of benzene rings is 2. The molecule has 2 aromatic rings. The van der Waals surface area contributed by atoms with Gasteiger partial charge in [-0.15, -0.1) is 0 Å². The second-order valence-electron chi connectivity index (χ2n) is 8.44. The van der Waals surface area contributed by atoms with E-state index in [0.717, 1.165) is 38.3 Å². The summed E-state index contributed by atoms with van der Waals surface area (Å²) in [7, 11) is -4.06. The zero-order valence-electron chi connectivity index (χ0n) is 18.3. The molecule has 4 rings (SSSR count). The highest BCUT2D eigenvalue weighted by Gasteiger charge is 2.25. The lowest BCUT2D eigenvalue weighted by molar-refractivity contribution is 0.0626. The minimum atomic E-state index is -4.06. The van der Waals surface area contributed by atoms with Crippen molar-refractivity contribution in [3.05, 3.63) is 58.9 Å². The van der Waals surface area contributed by atoms with Gasteiger partial charge in [0.25, 0.3) is 15.9 Å². The van der Waals surface area contributed by atoms with Crippen LogP contribution in [0.4, 0.5) is 10.1 Å². The summed E-state index contributed by atoms with van der Waals surface area (Å²) in [5.74, 6) is -0.691. The fraction of sp³-hybridized carbons (Fsp3) is 0.435. The van der Waals surface area contributed by atoms with Crippen LogP contribution in [0.15, 0.2) is 47.4 Å². The quantitative estimate of drug-likeness (QED) is 0.640. The molecular weight excluding hydrogens is 467 g/mol. The lowest BCUT2D eigenvalue weighted by atomic mass is 10.2. The van der Waals surface area contributed by atoms with E-state index in [-0.39, 0.29) is 27.1 Å². The van der Waals surface area contributed by atoms with Crippen molar-refractivity contribution in [2.24, 2.45) is 0 Å². The molecule has 1 N–H and O–H groups in total. The lowest BCUT2D eigenvalue weighted by Gasteiger charge is -2.35. The number of likely N-dealkylation sites (tertiary alicyclic amines) is 1.